The van der Waals surface area contributed by atoms with Crippen LogP contribution in [0.25, 0.3) is 0 Å². The lowest BCUT2D eigenvalue weighted by Crippen LogP contribution is -2.28. The molecule has 0 saturated heterocycles. The predicted molar refractivity (Wildman–Crippen MR) is 65.4 cm³/mol. The number of carbonyl (C=O) groups excluding carboxylic acids is 1. The maximum absolute atomic E-state index is 11.7. The molecule has 18 heavy (non-hydrogen) atoms. The Labute approximate surface area is 109 Å². The van der Waals surface area contributed by atoms with Crippen LogP contribution in [0.3, 0.4) is 0 Å². The highest BCUT2D eigenvalue weighted by molar-refractivity contribution is 8.06. The second-order valence-corrected chi connectivity index (χ2v) is 5.72. The van der Waals surface area contributed by atoms with E-state index in [-0.39, 0.29) is 5.56 Å². The van der Waals surface area contributed by atoms with Gasteiger partial charge in [0, 0.05) is 4.90 Å². The Morgan fingerprint density at radius 3 is 2.17 bits per heavy atom. The van der Waals surface area contributed by atoms with Gasteiger partial charge in [-0.25, -0.2) is 13.2 Å². The van der Waals surface area contributed by atoms with E-state index in [1.54, 1.807) is 0 Å². The van der Waals surface area contributed by atoms with Gasteiger partial charge in [-0.05, 0) is 17.7 Å². The SMILES string of the molecule is COC(=O)S(=O)(=O)C(C(=O)O)c1ccc(S)cc1. The van der Waals surface area contributed by atoms with Crippen molar-refractivity contribution in [2.45, 2.75) is 10.1 Å². The summed E-state index contributed by atoms with van der Waals surface area (Å²) in [6.07, 6.45) is 0. The third kappa shape index (κ3) is 2.82. The van der Waals surface area contributed by atoms with E-state index in [4.69, 9.17) is 5.11 Å². The van der Waals surface area contributed by atoms with Gasteiger partial charge in [-0.1, -0.05) is 12.1 Å². The third-order valence-corrected chi connectivity index (χ3v) is 4.15. The Kier molecular flexibility index (Phi) is 4.36. The number of aliphatic carboxylic acids is 1. The van der Waals surface area contributed by atoms with Gasteiger partial charge >= 0.3 is 11.3 Å². The number of rotatable bonds is 3. The molecule has 0 spiro atoms. The number of sulfone groups is 1. The van der Waals surface area contributed by atoms with Crippen LogP contribution in [0, 0.1) is 0 Å². The molecule has 0 saturated carbocycles. The van der Waals surface area contributed by atoms with E-state index in [9.17, 15) is 18.0 Å². The molecule has 1 rings (SSSR count). The maximum atomic E-state index is 11.7. The number of thiol groups is 1. The van der Waals surface area contributed by atoms with Gasteiger partial charge in [0.15, 0.2) is 5.25 Å². The molecule has 1 unspecified atom stereocenters. The van der Waals surface area contributed by atoms with Crippen LogP contribution in [0.1, 0.15) is 10.8 Å². The van der Waals surface area contributed by atoms with Gasteiger partial charge in [-0.3, -0.25) is 4.79 Å². The van der Waals surface area contributed by atoms with Crippen molar-refractivity contribution in [1.82, 2.24) is 0 Å². The molecular formula is C10H10O6S2. The number of hydrogen-bond donors (Lipinski definition) is 2. The number of methoxy groups -OCH3 is 1. The van der Waals surface area contributed by atoms with Crippen LogP contribution in [0.2, 0.25) is 0 Å². The predicted octanol–water partition coefficient (Wildman–Crippen LogP) is 1.28. The van der Waals surface area contributed by atoms with Gasteiger partial charge in [0.1, 0.15) is 0 Å². The first-order valence-corrected chi connectivity index (χ1v) is 6.63. The molecule has 0 amide bonds. The molecule has 0 radical (unpaired) electrons. The molecule has 6 nitrogen and oxygen atoms in total. The second-order valence-electron chi connectivity index (χ2n) is 3.31. The highest BCUT2D eigenvalue weighted by Gasteiger charge is 2.40. The van der Waals surface area contributed by atoms with Crippen molar-refractivity contribution in [3.8, 4) is 0 Å². The average molecular weight is 290 g/mol. The summed E-state index contributed by atoms with van der Waals surface area (Å²) in [5.74, 6) is -1.65. The van der Waals surface area contributed by atoms with E-state index in [1.807, 2.05) is 0 Å². The summed E-state index contributed by atoms with van der Waals surface area (Å²) in [6.45, 7) is 0. The summed E-state index contributed by atoms with van der Waals surface area (Å²) in [4.78, 5) is 22.7. The molecule has 1 atom stereocenters. The van der Waals surface area contributed by atoms with Gasteiger partial charge < -0.3 is 9.84 Å². The van der Waals surface area contributed by atoms with E-state index in [1.165, 1.54) is 24.3 Å². The zero-order chi connectivity index (χ0) is 13.9. The highest BCUT2D eigenvalue weighted by atomic mass is 32.2. The summed E-state index contributed by atoms with van der Waals surface area (Å²) < 4.78 is 27.5. The molecule has 1 N–H and O–H groups in total. The van der Waals surface area contributed by atoms with Crippen LogP contribution < -0.4 is 0 Å². The summed E-state index contributed by atoms with van der Waals surface area (Å²) in [6, 6.07) is 5.42. The van der Waals surface area contributed by atoms with Crippen LogP contribution in [0.15, 0.2) is 29.2 Å². The molecule has 0 aromatic heterocycles. The number of carbonyl (C=O) groups is 2. The normalized spacial score (nSPS) is 12.8. The van der Waals surface area contributed by atoms with Crippen molar-refractivity contribution < 1.29 is 27.9 Å². The van der Waals surface area contributed by atoms with Crippen molar-refractivity contribution in [1.29, 1.82) is 0 Å². The second kappa shape index (κ2) is 5.40. The van der Waals surface area contributed by atoms with Crippen LogP contribution in [-0.4, -0.2) is 31.9 Å². The van der Waals surface area contributed by atoms with E-state index < -0.39 is 26.4 Å². The van der Waals surface area contributed by atoms with E-state index in [2.05, 4.69) is 17.4 Å². The lowest BCUT2D eigenvalue weighted by atomic mass is 10.1. The van der Waals surface area contributed by atoms with Gasteiger partial charge in [-0.15, -0.1) is 12.6 Å². The topological polar surface area (TPSA) is 97.7 Å². The minimum absolute atomic E-state index is 0.0364. The molecular weight excluding hydrogens is 280 g/mol. The minimum Gasteiger partial charge on any atom is -0.480 e. The number of carboxylic acids is 1. The first kappa shape index (κ1) is 14.5. The number of ether oxygens (including phenoxy) is 1. The number of hydrogen-bond acceptors (Lipinski definition) is 6. The van der Waals surface area contributed by atoms with Crippen LogP contribution >= 0.6 is 12.6 Å². The summed E-state index contributed by atoms with van der Waals surface area (Å²) in [5.41, 5.74) is -0.0364. The van der Waals surface area contributed by atoms with E-state index >= 15 is 0 Å². The summed E-state index contributed by atoms with van der Waals surface area (Å²) in [5, 5.41) is 5.40. The molecule has 0 aliphatic heterocycles. The summed E-state index contributed by atoms with van der Waals surface area (Å²) >= 11 is 3.99. The Bertz CT molecular complexity index is 561. The molecule has 0 bridgehead atoms. The monoisotopic (exact) mass is 290 g/mol. The van der Waals surface area contributed by atoms with Crippen LogP contribution in [-0.2, 0) is 19.4 Å². The Morgan fingerprint density at radius 1 is 1.28 bits per heavy atom. The Morgan fingerprint density at radius 2 is 1.78 bits per heavy atom. The minimum atomic E-state index is -4.60. The molecule has 1 aromatic carbocycles. The van der Waals surface area contributed by atoms with E-state index in [0.29, 0.717) is 4.90 Å². The third-order valence-electron chi connectivity index (χ3n) is 2.13. The van der Waals surface area contributed by atoms with Crippen LogP contribution in [0.5, 0.6) is 0 Å². The van der Waals surface area contributed by atoms with Crippen molar-refractivity contribution in [3.63, 3.8) is 0 Å². The lowest BCUT2D eigenvalue weighted by molar-refractivity contribution is -0.136. The van der Waals surface area contributed by atoms with Crippen LogP contribution in [0.4, 0.5) is 4.79 Å². The molecule has 8 heteroatoms. The fourth-order valence-corrected chi connectivity index (χ4v) is 2.67. The zero-order valence-electron chi connectivity index (χ0n) is 9.23. The standard InChI is InChI=1S/C10H10O6S2/c1-16-10(13)18(14,15)8(9(11)12)6-2-4-7(17)5-3-6/h2-5,8,17H,1H3,(H,11,12). The summed E-state index contributed by atoms with van der Waals surface area (Å²) in [7, 11) is -3.73. The molecule has 0 fully saturated rings. The van der Waals surface area contributed by atoms with Gasteiger partial charge in [0.25, 0.3) is 9.84 Å². The van der Waals surface area contributed by atoms with Crippen molar-refractivity contribution in [2.24, 2.45) is 0 Å². The Hall–Kier alpha value is -1.54. The number of benzene rings is 1. The molecule has 0 heterocycles. The Balaban J connectivity index is 3.32. The lowest BCUT2D eigenvalue weighted by Gasteiger charge is -2.12. The van der Waals surface area contributed by atoms with Crippen molar-refractivity contribution >= 4 is 33.7 Å². The number of carboxylic acid groups (broad SMARTS) is 1. The van der Waals surface area contributed by atoms with Gasteiger partial charge in [-0.2, -0.15) is 0 Å². The fraction of sp³-hybridized carbons (Fsp3) is 0.200. The average Bonchev–Trinajstić information content (AvgIpc) is 2.30. The quantitative estimate of drug-likeness (QED) is 0.643. The fourth-order valence-electron chi connectivity index (χ4n) is 1.32. The maximum Gasteiger partial charge on any atom is 0.425 e. The van der Waals surface area contributed by atoms with Gasteiger partial charge in [0.05, 0.1) is 7.11 Å². The molecule has 0 aliphatic carbocycles. The van der Waals surface area contributed by atoms with Gasteiger partial charge in [0.2, 0.25) is 0 Å². The van der Waals surface area contributed by atoms with Crippen molar-refractivity contribution in [2.75, 3.05) is 7.11 Å². The first-order valence-electron chi connectivity index (χ1n) is 4.64. The zero-order valence-corrected chi connectivity index (χ0v) is 10.9. The molecule has 98 valence electrons. The molecule has 1 aromatic rings. The van der Waals surface area contributed by atoms with E-state index in [0.717, 1.165) is 7.11 Å². The smallest absolute Gasteiger partial charge is 0.425 e. The first-order chi connectivity index (χ1) is 8.30. The van der Waals surface area contributed by atoms with Crippen molar-refractivity contribution in [3.05, 3.63) is 29.8 Å². The largest absolute Gasteiger partial charge is 0.480 e. The highest BCUT2D eigenvalue weighted by Crippen LogP contribution is 2.25. The molecule has 0 aliphatic rings.